The highest BCUT2D eigenvalue weighted by molar-refractivity contribution is 7.81. The maximum Gasteiger partial charge on any atom is 0.0558 e. The van der Waals surface area contributed by atoms with Crippen molar-refractivity contribution in [2.75, 3.05) is 6.54 Å². The SMILES string of the molecule is CCCCNC(C)(C)S. The standard InChI is InChI=1S/C7H17NS/c1-4-5-6-8-7(2,3)9/h8-9H,4-6H2,1-3H3. The van der Waals surface area contributed by atoms with Crippen molar-refractivity contribution in [3.63, 3.8) is 0 Å². The molecule has 0 radical (unpaired) electrons. The van der Waals surface area contributed by atoms with Crippen LogP contribution in [0.1, 0.15) is 33.6 Å². The van der Waals surface area contributed by atoms with Gasteiger partial charge in [0, 0.05) is 0 Å². The van der Waals surface area contributed by atoms with E-state index in [1.807, 2.05) is 0 Å². The summed E-state index contributed by atoms with van der Waals surface area (Å²) in [6.45, 7) is 7.39. The van der Waals surface area contributed by atoms with Gasteiger partial charge in [0.05, 0.1) is 4.87 Å². The predicted octanol–water partition coefficient (Wildman–Crippen LogP) is 2.04. The van der Waals surface area contributed by atoms with E-state index in [4.69, 9.17) is 0 Å². The molecular weight excluding hydrogens is 130 g/mol. The van der Waals surface area contributed by atoms with Crippen LogP contribution >= 0.6 is 12.6 Å². The Kier molecular flexibility index (Phi) is 4.32. The minimum atomic E-state index is -0.00479. The van der Waals surface area contributed by atoms with Crippen molar-refractivity contribution in [1.29, 1.82) is 0 Å². The van der Waals surface area contributed by atoms with Crippen LogP contribution < -0.4 is 5.32 Å². The third kappa shape index (κ3) is 8.31. The van der Waals surface area contributed by atoms with Crippen molar-refractivity contribution in [1.82, 2.24) is 5.32 Å². The molecule has 9 heavy (non-hydrogen) atoms. The quantitative estimate of drug-likeness (QED) is 0.352. The van der Waals surface area contributed by atoms with Crippen molar-refractivity contribution in [2.24, 2.45) is 0 Å². The Morgan fingerprint density at radius 3 is 2.33 bits per heavy atom. The van der Waals surface area contributed by atoms with Crippen molar-refractivity contribution < 1.29 is 0 Å². The summed E-state index contributed by atoms with van der Waals surface area (Å²) in [4.78, 5) is -0.00479. The Bertz CT molecular complexity index is 65.8. The molecule has 0 aliphatic carbocycles. The first-order chi connectivity index (χ1) is 4.06. The molecule has 56 valence electrons. The average molecular weight is 147 g/mol. The number of thiol groups is 1. The van der Waals surface area contributed by atoms with Gasteiger partial charge in [0.1, 0.15) is 0 Å². The van der Waals surface area contributed by atoms with Crippen LogP contribution in [0.25, 0.3) is 0 Å². The van der Waals surface area contributed by atoms with E-state index in [0.29, 0.717) is 0 Å². The average Bonchev–Trinajstić information content (AvgIpc) is 1.63. The number of unbranched alkanes of at least 4 members (excludes halogenated alkanes) is 1. The van der Waals surface area contributed by atoms with Crippen LogP contribution in [0.3, 0.4) is 0 Å². The van der Waals surface area contributed by atoms with E-state index < -0.39 is 0 Å². The Morgan fingerprint density at radius 1 is 1.44 bits per heavy atom. The molecular formula is C7H17NS. The molecule has 0 aromatic carbocycles. The fourth-order valence-electron chi connectivity index (χ4n) is 0.571. The van der Waals surface area contributed by atoms with E-state index >= 15 is 0 Å². The molecule has 1 nitrogen and oxygen atoms in total. The molecule has 0 saturated carbocycles. The lowest BCUT2D eigenvalue weighted by molar-refractivity contribution is 0.530. The van der Waals surface area contributed by atoms with E-state index in [9.17, 15) is 0 Å². The van der Waals surface area contributed by atoms with Gasteiger partial charge in [-0.2, -0.15) is 12.6 Å². The third-order valence-electron chi connectivity index (χ3n) is 1.09. The molecule has 0 fully saturated rings. The zero-order valence-electron chi connectivity index (χ0n) is 6.57. The van der Waals surface area contributed by atoms with Crippen molar-refractivity contribution >= 4 is 12.6 Å². The second-order valence-electron chi connectivity index (χ2n) is 2.84. The van der Waals surface area contributed by atoms with Gasteiger partial charge in [-0.15, -0.1) is 0 Å². The first-order valence-corrected chi connectivity index (χ1v) is 3.98. The lowest BCUT2D eigenvalue weighted by Gasteiger charge is -2.18. The van der Waals surface area contributed by atoms with E-state index in [1.165, 1.54) is 12.8 Å². The second-order valence-corrected chi connectivity index (χ2v) is 3.96. The smallest absolute Gasteiger partial charge is 0.0558 e. The van der Waals surface area contributed by atoms with Crippen LogP contribution in [0, 0.1) is 0 Å². The Morgan fingerprint density at radius 2 is 2.00 bits per heavy atom. The maximum absolute atomic E-state index is 4.32. The Balaban J connectivity index is 3.07. The van der Waals surface area contributed by atoms with E-state index in [2.05, 4.69) is 38.7 Å². The van der Waals surface area contributed by atoms with Gasteiger partial charge >= 0.3 is 0 Å². The highest BCUT2D eigenvalue weighted by Crippen LogP contribution is 2.05. The van der Waals surface area contributed by atoms with Crippen LogP contribution in [0.5, 0.6) is 0 Å². The first-order valence-electron chi connectivity index (χ1n) is 3.53. The lowest BCUT2D eigenvalue weighted by atomic mass is 10.3. The first kappa shape index (κ1) is 9.31. The molecule has 0 heterocycles. The summed E-state index contributed by atoms with van der Waals surface area (Å²) in [5.74, 6) is 0. The van der Waals surface area contributed by atoms with E-state index in [-0.39, 0.29) is 4.87 Å². The molecule has 0 aliphatic rings. The molecule has 0 spiro atoms. The minimum Gasteiger partial charge on any atom is -0.303 e. The molecule has 0 aromatic heterocycles. The molecule has 0 saturated heterocycles. The van der Waals surface area contributed by atoms with E-state index in [1.54, 1.807) is 0 Å². The summed E-state index contributed by atoms with van der Waals surface area (Å²) in [5.41, 5.74) is 0. The lowest BCUT2D eigenvalue weighted by Crippen LogP contribution is -2.33. The van der Waals surface area contributed by atoms with Crippen LogP contribution in [0.4, 0.5) is 0 Å². The number of hydrogen-bond donors (Lipinski definition) is 2. The molecule has 0 bridgehead atoms. The highest BCUT2D eigenvalue weighted by Gasteiger charge is 2.07. The minimum absolute atomic E-state index is 0.00479. The van der Waals surface area contributed by atoms with Gasteiger partial charge in [0.2, 0.25) is 0 Å². The Hall–Kier alpha value is 0.310. The van der Waals surface area contributed by atoms with Gasteiger partial charge in [0.15, 0.2) is 0 Å². The molecule has 0 aliphatic heterocycles. The molecule has 2 heteroatoms. The largest absolute Gasteiger partial charge is 0.303 e. The second kappa shape index (κ2) is 4.18. The topological polar surface area (TPSA) is 12.0 Å². The van der Waals surface area contributed by atoms with Crippen molar-refractivity contribution in [2.45, 2.75) is 38.5 Å². The monoisotopic (exact) mass is 147 g/mol. The molecule has 1 N–H and O–H groups in total. The summed E-state index contributed by atoms with van der Waals surface area (Å²) >= 11 is 4.32. The molecule has 0 rings (SSSR count). The number of hydrogen-bond acceptors (Lipinski definition) is 2. The third-order valence-corrected chi connectivity index (χ3v) is 1.25. The van der Waals surface area contributed by atoms with Crippen molar-refractivity contribution in [3.8, 4) is 0 Å². The zero-order chi connectivity index (χ0) is 7.33. The van der Waals surface area contributed by atoms with Crippen LogP contribution in [-0.2, 0) is 0 Å². The molecule has 0 aromatic rings. The number of rotatable bonds is 4. The Labute approximate surface area is 63.6 Å². The predicted molar refractivity (Wildman–Crippen MR) is 46.0 cm³/mol. The van der Waals surface area contributed by atoms with Gasteiger partial charge in [-0.1, -0.05) is 13.3 Å². The molecule has 0 amide bonds. The van der Waals surface area contributed by atoms with Crippen LogP contribution in [-0.4, -0.2) is 11.4 Å². The summed E-state index contributed by atoms with van der Waals surface area (Å²) < 4.78 is 0. The maximum atomic E-state index is 4.32. The fraction of sp³-hybridized carbons (Fsp3) is 1.00. The van der Waals surface area contributed by atoms with Crippen LogP contribution in [0.2, 0.25) is 0 Å². The van der Waals surface area contributed by atoms with Gasteiger partial charge < -0.3 is 5.32 Å². The summed E-state index contributed by atoms with van der Waals surface area (Å²) in [6, 6.07) is 0. The zero-order valence-corrected chi connectivity index (χ0v) is 7.46. The molecule has 0 unspecified atom stereocenters. The summed E-state index contributed by atoms with van der Waals surface area (Å²) in [6.07, 6.45) is 2.49. The highest BCUT2D eigenvalue weighted by atomic mass is 32.1. The van der Waals surface area contributed by atoms with Crippen molar-refractivity contribution in [3.05, 3.63) is 0 Å². The van der Waals surface area contributed by atoms with Gasteiger partial charge in [-0.25, -0.2) is 0 Å². The van der Waals surface area contributed by atoms with Gasteiger partial charge in [-0.05, 0) is 26.8 Å². The summed E-state index contributed by atoms with van der Waals surface area (Å²) in [7, 11) is 0. The molecule has 0 atom stereocenters. The van der Waals surface area contributed by atoms with E-state index in [0.717, 1.165) is 6.54 Å². The fourth-order valence-corrected chi connectivity index (χ4v) is 0.683. The van der Waals surface area contributed by atoms with Crippen LogP contribution in [0.15, 0.2) is 0 Å². The number of nitrogens with one attached hydrogen (secondary N) is 1. The van der Waals surface area contributed by atoms with Gasteiger partial charge in [0.25, 0.3) is 0 Å². The summed E-state index contributed by atoms with van der Waals surface area (Å²) in [5, 5.41) is 3.29. The van der Waals surface area contributed by atoms with Gasteiger partial charge in [-0.3, -0.25) is 0 Å². The normalized spacial score (nSPS) is 12.0.